The van der Waals surface area contributed by atoms with Crippen LogP contribution in [-0.2, 0) is 20.7 Å². The highest BCUT2D eigenvalue weighted by Crippen LogP contribution is 2.22. The minimum absolute atomic E-state index is 0.0665. The molecular weight excluding hydrogens is 592 g/mol. The molecule has 0 aliphatic rings. The van der Waals surface area contributed by atoms with E-state index >= 15 is 0 Å². The van der Waals surface area contributed by atoms with Gasteiger partial charge in [-0.25, -0.2) is 14.4 Å². The molecule has 0 heterocycles. The van der Waals surface area contributed by atoms with Crippen LogP contribution >= 0.6 is 45.2 Å². The molecule has 0 saturated heterocycles. The van der Waals surface area contributed by atoms with E-state index < -0.39 is 35.4 Å². The van der Waals surface area contributed by atoms with Crippen LogP contribution in [-0.4, -0.2) is 45.4 Å². The zero-order valence-electron chi connectivity index (χ0n) is 16.7. The number of amides is 2. The quantitative estimate of drug-likeness (QED) is 0.475. The van der Waals surface area contributed by atoms with Gasteiger partial charge in [-0.2, -0.15) is 4.90 Å². The Kier molecular flexibility index (Phi) is 8.54. The van der Waals surface area contributed by atoms with Crippen molar-refractivity contribution in [3.63, 3.8) is 0 Å². The summed E-state index contributed by atoms with van der Waals surface area (Å²) >= 11 is 4.25. The van der Waals surface area contributed by atoms with Crippen LogP contribution in [0.1, 0.15) is 47.1 Å². The van der Waals surface area contributed by atoms with E-state index in [4.69, 9.17) is 9.47 Å². The van der Waals surface area contributed by atoms with Gasteiger partial charge in [-0.1, -0.05) is 6.07 Å². The van der Waals surface area contributed by atoms with Crippen molar-refractivity contribution >= 4 is 63.3 Å². The summed E-state index contributed by atoms with van der Waals surface area (Å²) in [5, 5.41) is 9.78. The maximum absolute atomic E-state index is 12.7. The fourth-order valence-electron chi connectivity index (χ4n) is 2.14. The fourth-order valence-corrected chi connectivity index (χ4v) is 3.96. The number of hydrogen-bond donors (Lipinski definition) is 1. The van der Waals surface area contributed by atoms with E-state index in [0.717, 1.165) is 7.14 Å². The van der Waals surface area contributed by atoms with E-state index in [2.05, 4.69) is 45.2 Å². The Balaban J connectivity index is 3.32. The number of benzene rings is 1. The van der Waals surface area contributed by atoms with Crippen LogP contribution in [0.5, 0.6) is 0 Å². The molecule has 156 valence electrons. The molecule has 2 amide bonds. The Bertz CT molecular complexity index is 724. The molecule has 0 aromatic heterocycles. The molecule has 0 spiro atoms. The normalized spacial score (nSPS) is 12.9. The zero-order valence-corrected chi connectivity index (χ0v) is 21.0. The van der Waals surface area contributed by atoms with Crippen molar-refractivity contribution < 1.29 is 29.0 Å². The predicted octanol–water partition coefficient (Wildman–Crippen LogP) is 5.06. The number of carbonyl (C=O) groups excluding carboxylic acids is 2. The van der Waals surface area contributed by atoms with Gasteiger partial charge >= 0.3 is 18.2 Å². The maximum atomic E-state index is 12.7. The molecule has 0 fully saturated rings. The largest absolute Gasteiger partial charge is 0.480 e. The Labute approximate surface area is 192 Å². The summed E-state index contributed by atoms with van der Waals surface area (Å²) in [6.07, 6.45) is -2.19. The molecule has 28 heavy (non-hydrogen) atoms. The summed E-state index contributed by atoms with van der Waals surface area (Å²) in [4.78, 5) is 37.9. The number of carboxylic acids is 1. The van der Waals surface area contributed by atoms with Gasteiger partial charge in [0, 0.05) is 13.6 Å². The molecule has 1 aromatic rings. The second kappa shape index (κ2) is 9.59. The van der Waals surface area contributed by atoms with Gasteiger partial charge in [0.1, 0.15) is 17.2 Å². The second-order valence-electron chi connectivity index (χ2n) is 8.12. The lowest BCUT2D eigenvalue weighted by Crippen LogP contribution is -2.52. The van der Waals surface area contributed by atoms with Gasteiger partial charge in [0.15, 0.2) is 0 Å². The van der Waals surface area contributed by atoms with E-state index in [9.17, 15) is 19.5 Å². The van der Waals surface area contributed by atoms with Crippen molar-refractivity contribution in [3.8, 4) is 0 Å². The number of carbonyl (C=O) groups is 3. The maximum Gasteiger partial charge on any atom is 0.420 e. The number of imide groups is 1. The average Bonchev–Trinajstić information content (AvgIpc) is 2.44. The topological polar surface area (TPSA) is 93.1 Å². The van der Waals surface area contributed by atoms with Crippen molar-refractivity contribution in [2.75, 3.05) is 0 Å². The first-order chi connectivity index (χ1) is 12.6. The number of aliphatic carboxylic acids is 1. The zero-order chi connectivity index (χ0) is 21.9. The third kappa shape index (κ3) is 8.10. The SMILES string of the molecule is CC(C)(C)OC(=O)N(C(=O)OC(C)(C)C)C(Cc1ccc(I)cc1I)C(=O)O. The number of halogens is 2. The van der Waals surface area contributed by atoms with E-state index in [1.165, 1.54) is 0 Å². The highest BCUT2D eigenvalue weighted by atomic mass is 127. The molecule has 1 N–H and O–H groups in total. The van der Waals surface area contributed by atoms with Crippen molar-refractivity contribution in [1.29, 1.82) is 0 Å². The van der Waals surface area contributed by atoms with Crippen LogP contribution in [0.2, 0.25) is 0 Å². The molecule has 7 nitrogen and oxygen atoms in total. The first-order valence-electron chi connectivity index (χ1n) is 8.52. The van der Waals surface area contributed by atoms with Crippen LogP contribution in [0.25, 0.3) is 0 Å². The van der Waals surface area contributed by atoms with E-state index in [0.29, 0.717) is 10.5 Å². The Morgan fingerprint density at radius 2 is 1.46 bits per heavy atom. The molecule has 1 unspecified atom stereocenters. The first kappa shape index (κ1) is 24.9. The van der Waals surface area contributed by atoms with Gasteiger partial charge in [-0.3, -0.25) is 0 Å². The van der Waals surface area contributed by atoms with E-state index in [-0.39, 0.29) is 6.42 Å². The average molecular weight is 617 g/mol. The Morgan fingerprint density at radius 1 is 1.00 bits per heavy atom. The standard InChI is InChI=1S/C19H25I2NO6/c1-18(2,3)27-16(25)22(17(26)28-19(4,5)6)14(15(23)24)9-11-7-8-12(20)10-13(11)21/h7-8,10,14H,9H2,1-6H3,(H,23,24). The van der Waals surface area contributed by atoms with Crippen molar-refractivity contribution in [2.45, 2.75) is 65.2 Å². The lowest BCUT2D eigenvalue weighted by atomic mass is 10.1. The number of hydrogen-bond acceptors (Lipinski definition) is 5. The molecule has 0 aliphatic carbocycles. The van der Waals surface area contributed by atoms with Gasteiger partial charge in [0.25, 0.3) is 0 Å². The lowest BCUT2D eigenvalue weighted by Gasteiger charge is -2.31. The summed E-state index contributed by atoms with van der Waals surface area (Å²) in [5.41, 5.74) is -1.11. The van der Waals surface area contributed by atoms with Crippen LogP contribution in [0.15, 0.2) is 18.2 Å². The van der Waals surface area contributed by atoms with Gasteiger partial charge in [0.2, 0.25) is 0 Å². The van der Waals surface area contributed by atoms with Crippen LogP contribution in [0.4, 0.5) is 9.59 Å². The van der Waals surface area contributed by atoms with Crippen LogP contribution in [0.3, 0.4) is 0 Å². The van der Waals surface area contributed by atoms with Crippen LogP contribution < -0.4 is 0 Å². The van der Waals surface area contributed by atoms with E-state index in [1.54, 1.807) is 47.6 Å². The third-order valence-electron chi connectivity index (χ3n) is 3.21. The monoisotopic (exact) mass is 617 g/mol. The number of rotatable bonds is 4. The Morgan fingerprint density at radius 3 is 1.82 bits per heavy atom. The van der Waals surface area contributed by atoms with Gasteiger partial charge in [-0.15, -0.1) is 0 Å². The number of carboxylic acid groups (broad SMARTS) is 1. The van der Waals surface area contributed by atoms with Gasteiger partial charge < -0.3 is 14.6 Å². The molecule has 1 aromatic carbocycles. The molecular formula is C19H25I2NO6. The molecule has 1 atom stereocenters. The van der Waals surface area contributed by atoms with E-state index in [1.807, 2.05) is 12.1 Å². The summed E-state index contributed by atoms with van der Waals surface area (Å²) in [7, 11) is 0. The number of ether oxygens (including phenoxy) is 2. The molecule has 0 radical (unpaired) electrons. The van der Waals surface area contributed by atoms with Gasteiger partial charge in [-0.05, 0) is 104 Å². The Hall–Kier alpha value is -1.11. The van der Waals surface area contributed by atoms with Crippen molar-refractivity contribution in [1.82, 2.24) is 4.90 Å². The third-order valence-corrected chi connectivity index (χ3v) is 4.88. The van der Waals surface area contributed by atoms with Crippen LogP contribution in [0, 0.1) is 7.14 Å². The number of nitrogens with zero attached hydrogens (tertiary/aromatic N) is 1. The molecule has 1 rings (SSSR count). The summed E-state index contributed by atoms with van der Waals surface area (Å²) in [6, 6.07) is 4.03. The summed E-state index contributed by atoms with van der Waals surface area (Å²) in [5.74, 6) is -1.33. The smallest absolute Gasteiger partial charge is 0.420 e. The van der Waals surface area contributed by atoms with Crippen molar-refractivity contribution in [2.24, 2.45) is 0 Å². The molecule has 9 heteroatoms. The molecule has 0 bridgehead atoms. The first-order valence-corrected chi connectivity index (χ1v) is 10.7. The lowest BCUT2D eigenvalue weighted by molar-refractivity contribution is -0.143. The fraction of sp³-hybridized carbons (Fsp3) is 0.526. The second-order valence-corrected chi connectivity index (χ2v) is 10.5. The summed E-state index contributed by atoms with van der Waals surface area (Å²) < 4.78 is 12.4. The van der Waals surface area contributed by atoms with Gasteiger partial charge in [0.05, 0.1) is 0 Å². The van der Waals surface area contributed by atoms with Crippen molar-refractivity contribution in [3.05, 3.63) is 30.9 Å². The predicted molar refractivity (Wildman–Crippen MR) is 121 cm³/mol. The highest BCUT2D eigenvalue weighted by molar-refractivity contribution is 14.1. The minimum Gasteiger partial charge on any atom is -0.480 e. The minimum atomic E-state index is -1.47. The molecule has 0 aliphatic heterocycles. The highest BCUT2D eigenvalue weighted by Gasteiger charge is 2.40. The molecule has 0 saturated carbocycles. The summed E-state index contributed by atoms with van der Waals surface area (Å²) in [6.45, 7) is 9.81.